The zero-order chi connectivity index (χ0) is 13.9. The van der Waals surface area contributed by atoms with Crippen molar-refractivity contribution in [1.29, 1.82) is 0 Å². The highest BCUT2D eigenvalue weighted by molar-refractivity contribution is 5.86. The Morgan fingerprint density at radius 2 is 2.00 bits per heavy atom. The molecule has 18 heavy (non-hydrogen) atoms. The van der Waals surface area contributed by atoms with Crippen molar-refractivity contribution in [3.63, 3.8) is 0 Å². The Labute approximate surface area is 108 Å². The lowest BCUT2D eigenvalue weighted by Gasteiger charge is -2.39. The molecule has 6 heteroatoms. The van der Waals surface area contributed by atoms with Crippen LogP contribution in [0.4, 0.5) is 4.79 Å². The number of rotatable bonds is 3. The summed E-state index contributed by atoms with van der Waals surface area (Å²) in [6.07, 6.45) is -0.0309. The maximum absolute atomic E-state index is 12.0. The van der Waals surface area contributed by atoms with Gasteiger partial charge in [0.25, 0.3) is 0 Å². The number of nitrogens with one attached hydrogen (secondary N) is 1. The normalized spacial score (nSPS) is 17.9. The van der Waals surface area contributed by atoms with Crippen LogP contribution in [0.3, 0.4) is 0 Å². The van der Waals surface area contributed by atoms with Crippen LogP contribution in [0.15, 0.2) is 0 Å². The molecule has 0 saturated carbocycles. The van der Waals surface area contributed by atoms with Crippen LogP contribution in [0.5, 0.6) is 0 Å². The molecule has 3 N–H and O–H groups in total. The third-order valence-corrected chi connectivity index (χ3v) is 2.62. The van der Waals surface area contributed by atoms with Gasteiger partial charge in [0.2, 0.25) is 5.91 Å². The average Bonchev–Trinajstić information content (AvgIpc) is 2.18. The number of hydrogen-bond donors (Lipinski definition) is 2. The van der Waals surface area contributed by atoms with Crippen molar-refractivity contribution in [3.8, 4) is 0 Å². The smallest absolute Gasteiger partial charge is 0.408 e. The van der Waals surface area contributed by atoms with Crippen molar-refractivity contribution in [2.75, 3.05) is 13.1 Å². The number of likely N-dealkylation sites (tertiary alicyclic amines) is 1. The lowest BCUT2D eigenvalue weighted by atomic mass is 10.1. The Bertz CT molecular complexity index is 319. The van der Waals surface area contributed by atoms with Gasteiger partial charge in [0.05, 0.1) is 0 Å². The van der Waals surface area contributed by atoms with Crippen LogP contribution >= 0.6 is 0 Å². The summed E-state index contributed by atoms with van der Waals surface area (Å²) in [5.41, 5.74) is 5.06. The Kier molecular flexibility index (Phi) is 4.56. The van der Waals surface area contributed by atoms with Gasteiger partial charge in [-0.1, -0.05) is 6.92 Å². The van der Waals surface area contributed by atoms with Crippen LogP contribution in [-0.2, 0) is 9.53 Å². The minimum Gasteiger partial charge on any atom is -0.444 e. The minimum atomic E-state index is -0.565. The molecule has 0 aromatic rings. The standard InChI is InChI=1S/C12H23N3O3/c1-5-9(10(16)15-6-8(13)7-15)14-11(17)18-12(2,3)4/h8-9H,5-7,13H2,1-4H3,(H,14,17)/t9-/m1/s1. The van der Waals surface area contributed by atoms with Crippen LogP contribution in [0.2, 0.25) is 0 Å². The summed E-state index contributed by atoms with van der Waals surface area (Å²) in [7, 11) is 0. The molecule has 6 nitrogen and oxygen atoms in total. The van der Waals surface area contributed by atoms with Crippen molar-refractivity contribution < 1.29 is 14.3 Å². The topological polar surface area (TPSA) is 84.7 Å². The van der Waals surface area contributed by atoms with Crippen molar-refractivity contribution in [2.45, 2.75) is 51.8 Å². The van der Waals surface area contributed by atoms with Crippen LogP contribution < -0.4 is 11.1 Å². The van der Waals surface area contributed by atoms with E-state index < -0.39 is 17.7 Å². The second-order valence-corrected chi connectivity index (χ2v) is 5.61. The second kappa shape index (κ2) is 5.56. The number of carbonyl (C=O) groups excluding carboxylic acids is 2. The summed E-state index contributed by atoms with van der Waals surface area (Å²) in [5, 5.41) is 2.59. The highest BCUT2D eigenvalue weighted by atomic mass is 16.6. The van der Waals surface area contributed by atoms with Crippen molar-refractivity contribution in [2.24, 2.45) is 5.73 Å². The number of alkyl carbamates (subject to hydrolysis) is 1. The zero-order valence-corrected chi connectivity index (χ0v) is 11.5. The van der Waals surface area contributed by atoms with E-state index in [4.69, 9.17) is 10.5 Å². The first-order valence-electron chi connectivity index (χ1n) is 6.27. The first-order valence-corrected chi connectivity index (χ1v) is 6.27. The van der Waals surface area contributed by atoms with E-state index in [1.54, 1.807) is 25.7 Å². The third-order valence-electron chi connectivity index (χ3n) is 2.62. The minimum absolute atomic E-state index is 0.0629. The Balaban J connectivity index is 2.46. The van der Waals surface area contributed by atoms with Gasteiger partial charge in [0.15, 0.2) is 0 Å². The molecule has 1 aliphatic rings. The quantitative estimate of drug-likeness (QED) is 0.769. The van der Waals surface area contributed by atoms with E-state index in [9.17, 15) is 9.59 Å². The van der Waals surface area contributed by atoms with Crippen LogP contribution in [-0.4, -0.2) is 47.7 Å². The van der Waals surface area contributed by atoms with Gasteiger partial charge in [-0.15, -0.1) is 0 Å². The van der Waals surface area contributed by atoms with Gasteiger partial charge in [0, 0.05) is 19.1 Å². The number of carbonyl (C=O) groups is 2. The van der Waals surface area contributed by atoms with E-state index in [1.807, 2.05) is 6.92 Å². The molecular weight excluding hydrogens is 234 g/mol. The van der Waals surface area contributed by atoms with E-state index in [2.05, 4.69) is 5.32 Å². The van der Waals surface area contributed by atoms with Gasteiger partial charge < -0.3 is 20.7 Å². The summed E-state index contributed by atoms with van der Waals surface area (Å²) in [6, 6.07) is -0.472. The SMILES string of the molecule is CC[C@@H](NC(=O)OC(C)(C)C)C(=O)N1CC(N)C1. The van der Waals surface area contributed by atoms with E-state index in [0.29, 0.717) is 19.5 Å². The Morgan fingerprint density at radius 3 is 2.39 bits per heavy atom. The highest BCUT2D eigenvalue weighted by Gasteiger charge is 2.33. The molecule has 1 fully saturated rings. The highest BCUT2D eigenvalue weighted by Crippen LogP contribution is 2.11. The maximum Gasteiger partial charge on any atom is 0.408 e. The average molecular weight is 257 g/mol. The van der Waals surface area contributed by atoms with Crippen molar-refractivity contribution >= 4 is 12.0 Å². The van der Waals surface area contributed by atoms with E-state index in [-0.39, 0.29) is 11.9 Å². The largest absolute Gasteiger partial charge is 0.444 e. The molecular formula is C12H23N3O3. The predicted octanol–water partition coefficient (Wildman–Crippen LogP) is 0.459. The second-order valence-electron chi connectivity index (χ2n) is 5.61. The van der Waals surface area contributed by atoms with Gasteiger partial charge in [-0.2, -0.15) is 0 Å². The third kappa shape index (κ3) is 4.18. The molecule has 0 bridgehead atoms. The van der Waals surface area contributed by atoms with Gasteiger partial charge in [-0.3, -0.25) is 4.79 Å². The fourth-order valence-electron chi connectivity index (χ4n) is 1.70. The van der Waals surface area contributed by atoms with Gasteiger partial charge in [-0.25, -0.2) is 4.79 Å². The molecule has 1 heterocycles. The molecule has 1 rings (SSSR count). The van der Waals surface area contributed by atoms with Gasteiger partial charge in [0.1, 0.15) is 11.6 Å². The first-order chi connectivity index (χ1) is 8.23. The first kappa shape index (κ1) is 14.8. The molecule has 1 atom stereocenters. The number of amides is 2. The van der Waals surface area contributed by atoms with E-state index in [1.165, 1.54) is 0 Å². The molecule has 104 valence electrons. The van der Waals surface area contributed by atoms with Crippen LogP contribution in [0.25, 0.3) is 0 Å². The number of nitrogens with zero attached hydrogens (tertiary/aromatic N) is 1. The summed E-state index contributed by atoms with van der Waals surface area (Å²) < 4.78 is 5.13. The molecule has 1 aliphatic heterocycles. The van der Waals surface area contributed by atoms with Gasteiger partial charge >= 0.3 is 6.09 Å². The molecule has 0 radical (unpaired) electrons. The fraction of sp³-hybridized carbons (Fsp3) is 0.833. The monoisotopic (exact) mass is 257 g/mol. The molecule has 0 spiro atoms. The lowest BCUT2D eigenvalue weighted by Crippen LogP contribution is -2.62. The summed E-state index contributed by atoms with van der Waals surface area (Å²) in [4.78, 5) is 25.2. The number of hydrogen-bond acceptors (Lipinski definition) is 4. The molecule has 0 aromatic carbocycles. The fourth-order valence-corrected chi connectivity index (χ4v) is 1.70. The summed E-state index contributed by atoms with van der Waals surface area (Å²) in [6.45, 7) is 8.31. The van der Waals surface area contributed by atoms with Crippen molar-refractivity contribution in [3.05, 3.63) is 0 Å². The van der Waals surface area contributed by atoms with Crippen molar-refractivity contribution in [1.82, 2.24) is 10.2 Å². The summed E-state index contributed by atoms with van der Waals surface area (Å²) in [5.74, 6) is -0.0925. The van der Waals surface area contributed by atoms with E-state index >= 15 is 0 Å². The van der Waals surface area contributed by atoms with Gasteiger partial charge in [-0.05, 0) is 27.2 Å². The van der Waals surface area contributed by atoms with E-state index in [0.717, 1.165) is 0 Å². The predicted molar refractivity (Wildman–Crippen MR) is 68.0 cm³/mol. The Morgan fingerprint density at radius 1 is 1.44 bits per heavy atom. The molecule has 0 aliphatic carbocycles. The Hall–Kier alpha value is -1.30. The zero-order valence-electron chi connectivity index (χ0n) is 11.5. The van der Waals surface area contributed by atoms with Crippen LogP contribution in [0.1, 0.15) is 34.1 Å². The molecule has 2 amide bonds. The lowest BCUT2D eigenvalue weighted by molar-refractivity contribution is -0.137. The number of nitrogens with two attached hydrogens (primary N) is 1. The summed E-state index contributed by atoms with van der Waals surface area (Å²) >= 11 is 0. The number of ether oxygens (including phenoxy) is 1. The molecule has 1 saturated heterocycles. The van der Waals surface area contributed by atoms with Crippen LogP contribution in [0, 0.1) is 0 Å². The maximum atomic E-state index is 12.0. The molecule has 0 aromatic heterocycles. The molecule has 0 unspecified atom stereocenters.